The lowest BCUT2D eigenvalue weighted by Gasteiger charge is -2.59. The molecule has 3 saturated carbocycles. The highest BCUT2D eigenvalue weighted by Crippen LogP contribution is 2.67. The van der Waals surface area contributed by atoms with Crippen LogP contribution in [0.2, 0.25) is 0 Å². The first-order valence-electron chi connectivity index (χ1n) is 13.8. The average molecular weight is 457 g/mol. The second-order valence-corrected chi connectivity index (χ2v) is 12.9. The van der Waals surface area contributed by atoms with Gasteiger partial charge in [-0.3, -0.25) is 4.79 Å². The molecule has 3 fully saturated rings. The molecule has 186 valence electrons. The Hall–Kier alpha value is -1.09. The summed E-state index contributed by atoms with van der Waals surface area (Å²) in [6.07, 6.45) is 14.2. The number of rotatable bonds is 6. The monoisotopic (exact) mass is 456 g/mol. The van der Waals surface area contributed by atoms with Gasteiger partial charge in [-0.25, -0.2) is 0 Å². The molecule has 0 bridgehead atoms. The average Bonchev–Trinajstić information content (AvgIpc) is 3.11. The number of aliphatic carboxylic acids is 1. The number of carboxylic acid groups (broad SMARTS) is 1. The van der Waals surface area contributed by atoms with Gasteiger partial charge < -0.3 is 10.2 Å². The number of hydrogen-bond acceptors (Lipinski definition) is 2. The minimum atomic E-state index is -0.799. The molecular formula is C30H48O3. The van der Waals surface area contributed by atoms with Gasteiger partial charge in [0.1, 0.15) is 0 Å². The van der Waals surface area contributed by atoms with Crippen molar-refractivity contribution < 1.29 is 15.0 Å². The molecule has 0 spiro atoms. The molecule has 3 heteroatoms. The lowest BCUT2D eigenvalue weighted by Crippen LogP contribution is -2.54. The molecule has 0 saturated heterocycles. The van der Waals surface area contributed by atoms with Crippen molar-refractivity contribution >= 4 is 5.97 Å². The normalized spacial score (nSPS) is 44.0. The number of aliphatic hydroxyl groups is 1. The molecule has 4 aliphatic carbocycles. The molecule has 0 aromatic heterocycles. The first-order chi connectivity index (χ1) is 15.5. The predicted octanol–water partition coefficient (Wildman–Crippen LogP) is 7.26. The van der Waals surface area contributed by atoms with Crippen LogP contribution in [0.4, 0.5) is 0 Å². The summed E-state index contributed by atoms with van der Waals surface area (Å²) in [4.78, 5) is 12.1. The van der Waals surface area contributed by atoms with Crippen molar-refractivity contribution in [1.82, 2.24) is 0 Å². The van der Waals surface area contributed by atoms with E-state index < -0.39 is 18.0 Å². The Morgan fingerprint density at radius 2 is 1.76 bits per heavy atom. The third-order valence-corrected chi connectivity index (χ3v) is 11.2. The Labute approximate surface area is 202 Å². The topological polar surface area (TPSA) is 57.5 Å². The van der Waals surface area contributed by atoms with E-state index in [-0.39, 0.29) is 11.3 Å². The predicted molar refractivity (Wildman–Crippen MR) is 135 cm³/mol. The minimum Gasteiger partial charge on any atom is -0.481 e. The molecule has 0 aliphatic heterocycles. The van der Waals surface area contributed by atoms with Gasteiger partial charge in [-0.2, -0.15) is 0 Å². The standard InChI is InChI=1S/C30H48O3/c1-7-20(18(2)3)9-8-19(4)22-12-13-23-21-10-11-25-27(28(32)33)26(31)15-17-30(25,6)24(21)14-16-29(22,23)5/h7,10,18-19,22-27,31H,8-9,11-17H2,1-6H3,(H,32,33)/b20-7-/t19-,22-,23+,24+,25+,26+,27+,29-,30-/m1/s1. The molecule has 0 amide bonds. The summed E-state index contributed by atoms with van der Waals surface area (Å²) < 4.78 is 0. The van der Waals surface area contributed by atoms with Gasteiger partial charge >= 0.3 is 5.97 Å². The van der Waals surface area contributed by atoms with Crippen molar-refractivity contribution in [2.24, 2.45) is 52.3 Å². The number of carboxylic acids is 1. The summed E-state index contributed by atoms with van der Waals surface area (Å²) in [6, 6.07) is 0. The van der Waals surface area contributed by atoms with Gasteiger partial charge in [-0.1, -0.05) is 57.9 Å². The van der Waals surface area contributed by atoms with E-state index in [9.17, 15) is 15.0 Å². The highest BCUT2D eigenvalue weighted by molar-refractivity contribution is 5.71. The van der Waals surface area contributed by atoms with E-state index >= 15 is 0 Å². The van der Waals surface area contributed by atoms with Crippen LogP contribution in [0.25, 0.3) is 0 Å². The fourth-order valence-corrected chi connectivity index (χ4v) is 9.28. The van der Waals surface area contributed by atoms with Crippen molar-refractivity contribution in [2.75, 3.05) is 0 Å². The lowest BCUT2D eigenvalue weighted by molar-refractivity contribution is -0.160. The van der Waals surface area contributed by atoms with Crippen molar-refractivity contribution in [3.05, 3.63) is 23.3 Å². The SMILES string of the molecule is C/C=C(/CC[C@@H](C)[C@H]1CC[C@H]2C3=CC[C@H]4[C@H](C(=O)O)[C@@H](O)CC[C@]4(C)[C@H]3CC[C@]12C)C(C)C. The van der Waals surface area contributed by atoms with Crippen molar-refractivity contribution in [3.8, 4) is 0 Å². The zero-order valence-corrected chi connectivity index (χ0v) is 21.9. The molecule has 2 N–H and O–H groups in total. The Kier molecular flexibility index (Phi) is 6.95. The highest BCUT2D eigenvalue weighted by Gasteiger charge is 2.60. The summed E-state index contributed by atoms with van der Waals surface area (Å²) in [5.41, 5.74) is 3.69. The van der Waals surface area contributed by atoms with E-state index in [1.54, 1.807) is 11.1 Å². The molecule has 9 atom stereocenters. The molecule has 0 aromatic rings. The van der Waals surface area contributed by atoms with Gasteiger partial charge in [0.25, 0.3) is 0 Å². The van der Waals surface area contributed by atoms with Gasteiger partial charge in [0.2, 0.25) is 0 Å². The van der Waals surface area contributed by atoms with Gasteiger partial charge in [-0.05, 0) is 111 Å². The summed E-state index contributed by atoms with van der Waals surface area (Å²) in [6.45, 7) is 14.3. The first kappa shape index (κ1) is 25.0. The quantitative estimate of drug-likeness (QED) is 0.414. The van der Waals surface area contributed by atoms with Crippen molar-refractivity contribution in [3.63, 3.8) is 0 Å². The Bertz CT molecular complexity index is 809. The summed E-state index contributed by atoms with van der Waals surface area (Å²) in [5.74, 6) is 2.04. The maximum atomic E-state index is 12.1. The van der Waals surface area contributed by atoms with Gasteiger partial charge in [-0.15, -0.1) is 0 Å². The van der Waals surface area contributed by atoms with Crippen LogP contribution in [-0.4, -0.2) is 22.3 Å². The van der Waals surface area contributed by atoms with Crippen molar-refractivity contribution in [2.45, 2.75) is 105 Å². The molecule has 33 heavy (non-hydrogen) atoms. The maximum Gasteiger partial charge on any atom is 0.309 e. The highest BCUT2D eigenvalue weighted by atomic mass is 16.4. The van der Waals surface area contributed by atoms with Gasteiger partial charge in [0.15, 0.2) is 0 Å². The van der Waals surface area contributed by atoms with E-state index in [4.69, 9.17) is 0 Å². The molecule has 4 aliphatic rings. The molecule has 4 rings (SSSR count). The van der Waals surface area contributed by atoms with Crippen LogP contribution in [0.1, 0.15) is 99.3 Å². The fraction of sp³-hybridized carbons (Fsp3) is 0.833. The number of aliphatic hydroxyl groups excluding tert-OH is 1. The molecule has 0 heterocycles. The Morgan fingerprint density at radius 1 is 1.09 bits per heavy atom. The van der Waals surface area contributed by atoms with E-state index in [0.29, 0.717) is 29.6 Å². The Morgan fingerprint density at radius 3 is 2.39 bits per heavy atom. The molecule has 3 nitrogen and oxygen atoms in total. The largest absolute Gasteiger partial charge is 0.481 e. The second-order valence-electron chi connectivity index (χ2n) is 12.9. The third-order valence-electron chi connectivity index (χ3n) is 11.2. The van der Waals surface area contributed by atoms with Gasteiger partial charge in [0, 0.05) is 0 Å². The second kappa shape index (κ2) is 9.17. The van der Waals surface area contributed by atoms with E-state index in [1.807, 2.05) is 0 Å². The maximum absolute atomic E-state index is 12.1. The molecular weight excluding hydrogens is 408 g/mol. The van der Waals surface area contributed by atoms with Crippen molar-refractivity contribution in [1.29, 1.82) is 0 Å². The zero-order valence-electron chi connectivity index (χ0n) is 21.9. The van der Waals surface area contributed by atoms with Crippen LogP contribution in [0, 0.1) is 52.3 Å². The van der Waals surface area contributed by atoms with Crippen LogP contribution in [0.15, 0.2) is 23.3 Å². The van der Waals surface area contributed by atoms with Gasteiger partial charge in [0.05, 0.1) is 12.0 Å². The van der Waals surface area contributed by atoms with Crippen LogP contribution >= 0.6 is 0 Å². The minimum absolute atomic E-state index is 0.0233. The third kappa shape index (κ3) is 4.05. The summed E-state index contributed by atoms with van der Waals surface area (Å²) in [7, 11) is 0. The first-order valence-corrected chi connectivity index (χ1v) is 13.8. The summed E-state index contributed by atoms with van der Waals surface area (Å²) in [5, 5.41) is 20.4. The molecule has 0 unspecified atom stereocenters. The lowest BCUT2D eigenvalue weighted by atomic mass is 9.46. The van der Waals surface area contributed by atoms with E-state index in [1.165, 1.54) is 38.5 Å². The van der Waals surface area contributed by atoms with Crippen LogP contribution in [0.5, 0.6) is 0 Å². The molecule has 0 radical (unpaired) electrons. The number of allylic oxidation sites excluding steroid dienone is 4. The molecule has 0 aromatic carbocycles. The van der Waals surface area contributed by atoms with E-state index in [0.717, 1.165) is 24.7 Å². The fourth-order valence-electron chi connectivity index (χ4n) is 9.28. The number of hydrogen-bond donors (Lipinski definition) is 2. The van der Waals surface area contributed by atoms with Crippen LogP contribution in [0.3, 0.4) is 0 Å². The van der Waals surface area contributed by atoms with Crippen LogP contribution < -0.4 is 0 Å². The Balaban J connectivity index is 1.54. The number of carbonyl (C=O) groups is 1. The smallest absolute Gasteiger partial charge is 0.309 e. The summed E-state index contributed by atoms with van der Waals surface area (Å²) >= 11 is 0. The zero-order chi connectivity index (χ0) is 24.1. The number of fused-ring (bicyclic) bond motifs is 5. The van der Waals surface area contributed by atoms with E-state index in [2.05, 4.69) is 53.7 Å². The van der Waals surface area contributed by atoms with Crippen LogP contribution in [-0.2, 0) is 4.79 Å².